The number of carbonyl (C=O) groups is 2. The van der Waals surface area contributed by atoms with Gasteiger partial charge >= 0.3 is 5.97 Å². The second-order valence-electron chi connectivity index (χ2n) is 10.8. The van der Waals surface area contributed by atoms with Crippen LogP contribution < -0.4 is 0 Å². The Labute approximate surface area is 194 Å². The van der Waals surface area contributed by atoms with E-state index in [9.17, 15) is 9.59 Å². The molecule has 3 nitrogen and oxygen atoms in total. The third-order valence-electron chi connectivity index (χ3n) is 8.67. The van der Waals surface area contributed by atoms with Crippen molar-refractivity contribution in [3.05, 3.63) is 34.9 Å². The maximum atomic E-state index is 12.6. The molecule has 0 bridgehead atoms. The normalized spacial score (nSPS) is 31.1. The summed E-state index contributed by atoms with van der Waals surface area (Å²) < 4.78 is 6.08. The largest absolute Gasteiger partial charge is 0.461 e. The Hall–Kier alpha value is -1.64. The minimum Gasteiger partial charge on any atom is -0.461 e. The van der Waals surface area contributed by atoms with Gasteiger partial charge in [0.05, 0.1) is 0 Å². The van der Waals surface area contributed by atoms with Crippen LogP contribution in [0.4, 0.5) is 0 Å². The molecule has 1 saturated carbocycles. The fourth-order valence-corrected chi connectivity index (χ4v) is 6.78. The second-order valence-corrected chi connectivity index (χ2v) is 10.8. The van der Waals surface area contributed by atoms with Gasteiger partial charge in [-0.3, -0.25) is 9.59 Å². The molecule has 4 atom stereocenters. The maximum absolute atomic E-state index is 12.6. The summed E-state index contributed by atoms with van der Waals surface area (Å²) in [7, 11) is 0. The van der Waals surface area contributed by atoms with Gasteiger partial charge < -0.3 is 4.74 Å². The van der Waals surface area contributed by atoms with Crippen LogP contribution in [-0.4, -0.2) is 17.9 Å². The minimum atomic E-state index is -0.0463. The number of hydrogen-bond donors (Lipinski definition) is 0. The van der Waals surface area contributed by atoms with E-state index >= 15 is 0 Å². The molecule has 0 heterocycles. The summed E-state index contributed by atoms with van der Waals surface area (Å²) in [5.74, 6) is 1.40. The zero-order valence-corrected chi connectivity index (χ0v) is 20.3. The first-order chi connectivity index (χ1) is 15.5. The molecule has 0 aromatic heterocycles. The number of carbonyl (C=O) groups excluding carboxylic acids is 2. The van der Waals surface area contributed by atoms with Crippen molar-refractivity contribution in [2.75, 3.05) is 0 Å². The summed E-state index contributed by atoms with van der Waals surface area (Å²) in [6, 6.07) is 0. The molecule has 32 heavy (non-hydrogen) atoms. The van der Waals surface area contributed by atoms with Crippen LogP contribution in [0.25, 0.3) is 0 Å². The van der Waals surface area contributed by atoms with Crippen LogP contribution in [0.5, 0.6) is 0 Å². The summed E-state index contributed by atoms with van der Waals surface area (Å²) in [5.41, 5.74) is 4.15. The van der Waals surface area contributed by atoms with Crippen LogP contribution in [0.3, 0.4) is 0 Å². The molecule has 0 aromatic rings. The molecule has 0 saturated heterocycles. The van der Waals surface area contributed by atoms with Crippen LogP contribution in [0.15, 0.2) is 34.9 Å². The van der Waals surface area contributed by atoms with Gasteiger partial charge in [-0.1, -0.05) is 70.9 Å². The average Bonchev–Trinajstić information content (AvgIpc) is 3.11. The van der Waals surface area contributed by atoms with Crippen molar-refractivity contribution in [1.82, 2.24) is 0 Å². The van der Waals surface area contributed by atoms with Gasteiger partial charge in [0.1, 0.15) is 6.10 Å². The molecule has 4 aliphatic carbocycles. The maximum Gasteiger partial charge on any atom is 0.306 e. The van der Waals surface area contributed by atoms with Crippen molar-refractivity contribution >= 4 is 11.8 Å². The summed E-state index contributed by atoms with van der Waals surface area (Å²) in [4.78, 5) is 24.5. The highest BCUT2D eigenvalue weighted by Gasteiger charge is 2.53. The van der Waals surface area contributed by atoms with Gasteiger partial charge in [-0.05, 0) is 73.2 Å². The zero-order chi connectivity index (χ0) is 22.6. The molecular formula is C29H42O3. The van der Waals surface area contributed by atoms with Gasteiger partial charge in [-0.2, -0.15) is 0 Å². The topological polar surface area (TPSA) is 43.4 Å². The lowest BCUT2D eigenvalue weighted by Crippen LogP contribution is -2.40. The first-order valence-electron chi connectivity index (χ1n) is 13.4. The zero-order valence-electron chi connectivity index (χ0n) is 20.3. The van der Waals surface area contributed by atoms with E-state index in [1.807, 2.05) is 6.08 Å². The molecule has 4 aliphatic rings. The minimum absolute atomic E-state index is 0.0000613. The van der Waals surface area contributed by atoms with E-state index in [2.05, 4.69) is 26.0 Å². The Balaban J connectivity index is 1.30. The van der Waals surface area contributed by atoms with Crippen LogP contribution in [0, 0.1) is 17.3 Å². The SMILES string of the molecule is CCCCCCCCCCC(=O)O[C@H]1CC[C@H]2[C@@H]3CCC4=CC(=O)CCC4=C3C=C[C@]12C. The van der Waals surface area contributed by atoms with Gasteiger partial charge in [0.2, 0.25) is 0 Å². The highest BCUT2D eigenvalue weighted by Crippen LogP contribution is 2.58. The van der Waals surface area contributed by atoms with Crippen molar-refractivity contribution in [2.24, 2.45) is 17.3 Å². The number of unbranched alkanes of at least 4 members (excludes halogenated alkanes) is 7. The predicted octanol–water partition coefficient (Wildman–Crippen LogP) is 7.41. The van der Waals surface area contributed by atoms with Gasteiger partial charge in [-0.15, -0.1) is 0 Å². The number of ketones is 1. The molecule has 4 rings (SSSR count). The first-order valence-corrected chi connectivity index (χ1v) is 13.4. The quantitative estimate of drug-likeness (QED) is 0.263. The summed E-state index contributed by atoms with van der Waals surface area (Å²) in [5, 5.41) is 0. The van der Waals surface area contributed by atoms with E-state index in [4.69, 9.17) is 4.74 Å². The summed E-state index contributed by atoms with van der Waals surface area (Å²) >= 11 is 0. The lowest BCUT2D eigenvalue weighted by molar-refractivity contribution is -0.153. The van der Waals surface area contributed by atoms with E-state index < -0.39 is 0 Å². The van der Waals surface area contributed by atoms with Crippen molar-refractivity contribution < 1.29 is 14.3 Å². The Bertz CT molecular complexity index is 801. The Morgan fingerprint density at radius 1 is 1.00 bits per heavy atom. The Morgan fingerprint density at radius 2 is 1.75 bits per heavy atom. The van der Waals surface area contributed by atoms with Gasteiger partial charge in [0.25, 0.3) is 0 Å². The van der Waals surface area contributed by atoms with Gasteiger partial charge in [-0.25, -0.2) is 0 Å². The van der Waals surface area contributed by atoms with Crippen molar-refractivity contribution in [3.63, 3.8) is 0 Å². The lowest BCUT2D eigenvalue weighted by atomic mass is 9.60. The van der Waals surface area contributed by atoms with E-state index in [1.165, 1.54) is 55.2 Å². The molecule has 0 N–H and O–H groups in total. The van der Waals surface area contributed by atoms with Gasteiger partial charge in [0.15, 0.2) is 5.78 Å². The third kappa shape index (κ3) is 4.97. The molecule has 3 heteroatoms. The molecular weight excluding hydrogens is 396 g/mol. The fourth-order valence-electron chi connectivity index (χ4n) is 6.78. The standard InChI is InChI=1S/C29H42O3/c1-3-4-5-6-7-8-9-10-11-28(31)32-27-17-16-26-25-14-12-21-20-22(30)13-15-23(21)24(25)18-19-29(26,27)2/h18-20,25-27H,3-17H2,1-2H3/t25-,26+,27+,29+/m1/s1. The number of hydrogen-bond acceptors (Lipinski definition) is 3. The summed E-state index contributed by atoms with van der Waals surface area (Å²) in [6.07, 6.45) is 22.9. The molecule has 1 fully saturated rings. The van der Waals surface area contributed by atoms with Gasteiger partial charge in [0, 0.05) is 18.3 Å². The highest BCUT2D eigenvalue weighted by molar-refractivity contribution is 5.93. The highest BCUT2D eigenvalue weighted by atomic mass is 16.5. The fraction of sp³-hybridized carbons (Fsp3) is 0.724. The predicted molar refractivity (Wildman–Crippen MR) is 129 cm³/mol. The number of allylic oxidation sites excluding steroid dienone is 5. The van der Waals surface area contributed by atoms with E-state index in [0.29, 0.717) is 24.7 Å². The second kappa shape index (κ2) is 10.5. The smallest absolute Gasteiger partial charge is 0.306 e. The van der Waals surface area contributed by atoms with Crippen LogP contribution >= 0.6 is 0 Å². The number of fused-ring (bicyclic) bond motifs is 4. The van der Waals surface area contributed by atoms with E-state index in [0.717, 1.165) is 44.9 Å². The Morgan fingerprint density at radius 3 is 2.53 bits per heavy atom. The summed E-state index contributed by atoms with van der Waals surface area (Å²) in [6.45, 7) is 4.56. The molecule has 0 unspecified atom stereocenters. The van der Waals surface area contributed by atoms with Crippen LogP contribution in [-0.2, 0) is 14.3 Å². The monoisotopic (exact) mass is 438 g/mol. The number of ether oxygens (including phenoxy) is 1. The van der Waals surface area contributed by atoms with Crippen molar-refractivity contribution in [2.45, 2.75) is 116 Å². The molecule has 0 radical (unpaired) electrons. The first kappa shape index (κ1) is 23.5. The van der Waals surface area contributed by atoms with E-state index in [1.54, 1.807) is 0 Å². The molecule has 0 amide bonds. The Kier molecular flexibility index (Phi) is 7.74. The van der Waals surface area contributed by atoms with Crippen molar-refractivity contribution in [1.29, 1.82) is 0 Å². The van der Waals surface area contributed by atoms with Crippen LogP contribution in [0.1, 0.15) is 110 Å². The molecule has 0 aliphatic heterocycles. The van der Waals surface area contributed by atoms with Crippen molar-refractivity contribution in [3.8, 4) is 0 Å². The third-order valence-corrected chi connectivity index (χ3v) is 8.67. The number of esters is 1. The lowest BCUT2D eigenvalue weighted by Gasteiger charge is -2.45. The molecule has 0 spiro atoms. The average molecular weight is 439 g/mol. The van der Waals surface area contributed by atoms with E-state index in [-0.39, 0.29) is 23.3 Å². The number of rotatable bonds is 10. The molecule has 0 aromatic carbocycles. The van der Waals surface area contributed by atoms with Crippen LogP contribution in [0.2, 0.25) is 0 Å². The molecule has 176 valence electrons.